The van der Waals surface area contributed by atoms with Crippen LogP contribution in [0.2, 0.25) is 0 Å². The van der Waals surface area contributed by atoms with Crippen LogP contribution in [0.25, 0.3) is 0 Å². The second-order valence-electron chi connectivity index (χ2n) is 5.17. The third kappa shape index (κ3) is 2.43. The molecule has 0 fully saturated rings. The van der Waals surface area contributed by atoms with Crippen LogP contribution in [0.4, 0.5) is 0 Å². The first-order valence-electron chi connectivity index (χ1n) is 5.53. The lowest BCUT2D eigenvalue weighted by molar-refractivity contribution is 0.288. The molecule has 15 heavy (non-hydrogen) atoms. The van der Waals surface area contributed by atoms with Crippen LogP contribution >= 0.6 is 15.9 Å². The Balaban J connectivity index is 2.26. The summed E-state index contributed by atoms with van der Waals surface area (Å²) < 4.78 is 1.18. The fourth-order valence-corrected chi connectivity index (χ4v) is 2.77. The van der Waals surface area contributed by atoms with Crippen molar-refractivity contribution in [3.63, 3.8) is 0 Å². The van der Waals surface area contributed by atoms with E-state index in [4.69, 9.17) is 5.73 Å². The number of fused-ring (bicyclic) bond motifs is 1. The lowest BCUT2D eigenvalue weighted by atomic mass is 9.75. The van der Waals surface area contributed by atoms with Gasteiger partial charge in [-0.25, -0.2) is 0 Å². The van der Waals surface area contributed by atoms with Crippen molar-refractivity contribution in [2.24, 2.45) is 11.7 Å². The zero-order valence-corrected chi connectivity index (χ0v) is 11.0. The third-order valence-corrected chi connectivity index (χ3v) is 3.94. The molecular formula is C13H18BrN. The van der Waals surface area contributed by atoms with Gasteiger partial charge in [-0.3, -0.25) is 0 Å². The Hall–Kier alpha value is -0.340. The first-order chi connectivity index (χ1) is 6.97. The van der Waals surface area contributed by atoms with Gasteiger partial charge in [0.1, 0.15) is 0 Å². The van der Waals surface area contributed by atoms with E-state index < -0.39 is 0 Å². The van der Waals surface area contributed by atoms with E-state index in [1.807, 2.05) is 0 Å². The van der Waals surface area contributed by atoms with Crippen molar-refractivity contribution in [1.82, 2.24) is 0 Å². The fraction of sp³-hybridized carbons (Fsp3) is 0.538. The highest BCUT2D eigenvalue weighted by atomic mass is 79.9. The van der Waals surface area contributed by atoms with Gasteiger partial charge in [0.05, 0.1) is 0 Å². The standard InChI is InChI=1S/C13H18BrN/c1-13(2,15)11-5-3-9-4-6-12(14)8-10(9)7-11/h4,6,8,11H,3,5,7,15H2,1-2H3. The summed E-state index contributed by atoms with van der Waals surface area (Å²) >= 11 is 3.53. The molecule has 2 N–H and O–H groups in total. The van der Waals surface area contributed by atoms with Gasteiger partial charge in [-0.1, -0.05) is 22.0 Å². The summed E-state index contributed by atoms with van der Waals surface area (Å²) in [6, 6.07) is 6.61. The molecule has 2 heteroatoms. The molecule has 1 aliphatic carbocycles. The van der Waals surface area contributed by atoms with Gasteiger partial charge in [0.2, 0.25) is 0 Å². The number of nitrogens with two attached hydrogens (primary N) is 1. The van der Waals surface area contributed by atoms with Crippen LogP contribution in [0.5, 0.6) is 0 Å². The van der Waals surface area contributed by atoms with Crippen LogP contribution in [-0.4, -0.2) is 5.54 Å². The molecule has 0 spiro atoms. The molecule has 82 valence electrons. The molecular weight excluding hydrogens is 250 g/mol. The predicted octanol–water partition coefficient (Wildman–Crippen LogP) is 3.29. The molecule has 0 aliphatic heterocycles. The molecule has 0 bridgehead atoms. The SMILES string of the molecule is CC(C)(N)C1CCc2ccc(Br)cc2C1. The molecule has 1 aromatic rings. The van der Waals surface area contributed by atoms with Crippen molar-refractivity contribution in [3.8, 4) is 0 Å². The van der Waals surface area contributed by atoms with Crippen LogP contribution in [0.15, 0.2) is 22.7 Å². The maximum atomic E-state index is 6.19. The number of benzene rings is 1. The van der Waals surface area contributed by atoms with Gasteiger partial charge in [-0.15, -0.1) is 0 Å². The quantitative estimate of drug-likeness (QED) is 0.831. The molecule has 0 heterocycles. The van der Waals surface area contributed by atoms with Gasteiger partial charge in [0.15, 0.2) is 0 Å². The average molecular weight is 268 g/mol. The molecule has 1 aliphatic rings. The second-order valence-corrected chi connectivity index (χ2v) is 6.09. The van der Waals surface area contributed by atoms with Gasteiger partial charge >= 0.3 is 0 Å². The highest BCUT2D eigenvalue weighted by molar-refractivity contribution is 9.10. The number of halogens is 1. The largest absolute Gasteiger partial charge is 0.325 e. The first kappa shape index (κ1) is 11.2. The zero-order chi connectivity index (χ0) is 11.1. The summed E-state index contributed by atoms with van der Waals surface area (Å²) in [5.74, 6) is 0.610. The Labute approximate surface area is 100 Å². The molecule has 0 saturated carbocycles. The molecule has 0 radical (unpaired) electrons. The first-order valence-corrected chi connectivity index (χ1v) is 6.32. The monoisotopic (exact) mass is 267 g/mol. The van der Waals surface area contributed by atoms with Crippen LogP contribution in [-0.2, 0) is 12.8 Å². The molecule has 1 unspecified atom stereocenters. The van der Waals surface area contributed by atoms with E-state index in [1.54, 1.807) is 0 Å². The van der Waals surface area contributed by atoms with Crippen LogP contribution in [0.3, 0.4) is 0 Å². The van der Waals surface area contributed by atoms with Crippen molar-refractivity contribution in [2.75, 3.05) is 0 Å². The fourth-order valence-electron chi connectivity index (χ4n) is 2.36. The van der Waals surface area contributed by atoms with Crippen LogP contribution < -0.4 is 5.73 Å². The zero-order valence-electron chi connectivity index (χ0n) is 9.39. The maximum absolute atomic E-state index is 6.19. The van der Waals surface area contributed by atoms with Crippen molar-refractivity contribution in [1.29, 1.82) is 0 Å². The lowest BCUT2D eigenvalue weighted by Gasteiger charge is -2.34. The van der Waals surface area contributed by atoms with Crippen molar-refractivity contribution >= 4 is 15.9 Å². The summed E-state index contributed by atoms with van der Waals surface area (Å²) in [6.07, 6.45) is 3.52. The van der Waals surface area contributed by atoms with Gasteiger partial charge in [-0.05, 0) is 62.3 Å². The van der Waals surface area contributed by atoms with E-state index in [2.05, 4.69) is 48.0 Å². The molecule has 1 aromatic carbocycles. The Morgan fingerprint density at radius 3 is 2.73 bits per heavy atom. The number of hydrogen-bond acceptors (Lipinski definition) is 1. The van der Waals surface area contributed by atoms with E-state index >= 15 is 0 Å². The summed E-state index contributed by atoms with van der Waals surface area (Å²) in [7, 11) is 0. The van der Waals surface area contributed by atoms with E-state index in [-0.39, 0.29) is 5.54 Å². The summed E-state index contributed by atoms with van der Waals surface area (Å²) in [4.78, 5) is 0. The Bertz CT molecular complexity index is 365. The Morgan fingerprint density at radius 1 is 1.33 bits per heavy atom. The van der Waals surface area contributed by atoms with E-state index in [1.165, 1.54) is 28.4 Å². The van der Waals surface area contributed by atoms with Crippen LogP contribution in [0, 0.1) is 5.92 Å². The van der Waals surface area contributed by atoms with Crippen molar-refractivity contribution in [3.05, 3.63) is 33.8 Å². The smallest absolute Gasteiger partial charge is 0.0178 e. The molecule has 0 amide bonds. The van der Waals surface area contributed by atoms with E-state index in [9.17, 15) is 0 Å². The highest BCUT2D eigenvalue weighted by Crippen LogP contribution is 2.32. The van der Waals surface area contributed by atoms with Gasteiger partial charge in [0.25, 0.3) is 0 Å². The normalized spacial score (nSPS) is 21.2. The van der Waals surface area contributed by atoms with Crippen molar-refractivity contribution < 1.29 is 0 Å². The number of hydrogen-bond donors (Lipinski definition) is 1. The third-order valence-electron chi connectivity index (χ3n) is 3.45. The molecule has 1 nitrogen and oxygen atoms in total. The molecule has 0 saturated heterocycles. The van der Waals surface area contributed by atoms with E-state index in [0.29, 0.717) is 5.92 Å². The number of aryl methyl sites for hydroxylation is 1. The minimum atomic E-state index is -0.0555. The second kappa shape index (κ2) is 3.91. The Morgan fingerprint density at radius 2 is 2.07 bits per heavy atom. The van der Waals surface area contributed by atoms with E-state index in [0.717, 1.165) is 6.42 Å². The van der Waals surface area contributed by atoms with Crippen molar-refractivity contribution in [2.45, 2.75) is 38.6 Å². The average Bonchev–Trinajstić information content (AvgIpc) is 2.15. The predicted molar refractivity (Wildman–Crippen MR) is 67.9 cm³/mol. The van der Waals surface area contributed by atoms with Crippen LogP contribution in [0.1, 0.15) is 31.4 Å². The topological polar surface area (TPSA) is 26.0 Å². The highest BCUT2D eigenvalue weighted by Gasteiger charge is 2.28. The summed E-state index contributed by atoms with van der Waals surface area (Å²) in [5, 5.41) is 0. The summed E-state index contributed by atoms with van der Waals surface area (Å²) in [6.45, 7) is 4.28. The van der Waals surface area contributed by atoms with Gasteiger partial charge in [0, 0.05) is 10.0 Å². The Kier molecular flexibility index (Phi) is 2.91. The molecule has 0 aromatic heterocycles. The maximum Gasteiger partial charge on any atom is 0.0178 e. The minimum absolute atomic E-state index is 0.0555. The summed E-state index contributed by atoms with van der Waals surface area (Å²) in [5.41, 5.74) is 9.11. The molecule has 1 atom stereocenters. The van der Waals surface area contributed by atoms with Gasteiger partial charge < -0.3 is 5.73 Å². The van der Waals surface area contributed by atoms with Gasteiger partial charge in [-0.2, -0.15) is 0 Å². The number of rotatable bonds is 1. The lowest BCUT2D eigenvalue weighted by Crippen LogP contribution is -2.43. The minimum Gasteiger partial charge on any atom is -0.325 e. The molecule has 2 rings (SSSR count).